The third kappa shape index (κ3) is 2.85. The van der Waals surface area contributed by atoms with Crippen molar-refractivity contribution in [3.8, 4) is 5.82 Å². The number of carbonyl (C=O) groups excluding carboxylic acids is 1. The van der Waals surface area contributed by atoms with E-state index in [1.54, 1.807) is 23.9 Å². The molecule has 0 aliphatic heterocycles. The van der Waals surface area contributed by atoms with Crippen molar-refractivity contribution in [2.75, 3.05) is 20.2 Å². The molecule has 6 heteroatoms. The van der Waals surface area contributed by atoms with Gasteiger partial charge in [-0.05, 0) is 32.0 Å². The lowest BCUT2D eigenvalue weighted by Gasteiger charge is -2.15. The average Bonchev–Trinajstić information content (AvgIpc) is 2.77. The lowest BCUT2D eigenvalue weighted by atomic mass is 10.2. The number of likely N-dealkylation sites (N-methyl/N-ethyl adjacent to an activating group) is 1. The molecule has 0 saturated heterocycles. The number of aryl methyl sites for hydroxylation is 2. The zero-order valence-electron chi connectivity index (χ0n) is 11.9. The second-order valence-electron chi connectivity index (χ2n) is 4.69. The Morgan fingerprint density at radius 1 is 1.40 bits per heavy atom. The molecule has 2 aromatic heterocycles. The van der Waals surface area contributed by atoms with Crippen LogP contribution in [0.1, 0.15) is 21.7 Å². The number of nitrogens with zero attached hydrogens (tertiary/aromatic N) is 4. The van der Waals surface area contributed by atoms with E-state index >= 15 is 0 Å². The Morgan fingerprint density at radius 3 is 2.65 bits per heavy atom. The number of pyridine rings is 1. The van der Waals surface area contributed by atoms with E-state index in [1.165, 1.54) is 11.1 Å². The molecule has 0 saturated carbocycles. The van der Waals surface area contributed by atoms with E-state index in [2.05, 4.69) is 10.1 Å². The van der Waals surface area contributed by atoms with E-state index in [1.807, 2.05) is 19.9 Å². The number of amides is 1. The number of aromatic nitrogens is 3. The van der Waals surface area contributed by atoms with Gasteiger partial charge in [0.1, 0.15) is 0 Å². The summed E-state index contributed by atoms with van der Waals surface area (Å²) in [7, 11) is 1.65. The molecule has 0 aliphatic carbocycles. The molecule has 106 valence electrons. The highest BCUT2D eigenvalue weighted by Crippen LogP contribution is 2.11. The smallest absolute Gasteiger partial charge is 0.255 e. The van der Waals surface area contributed by atoms with Gasteiger partial charge >= 0.3 is 0 Å². The SMILES string of the molecule is Cc1cc(C)n(-c2ccc(C(=O)N(C)CCO)cn2)n1. The Labute approximate surface area is 117 Å². The van der Waals surface area contributed by atoms with Crippen LogP contribution in [0.3, 0.4) is 0 Å². The van der Waals surface area contributed by atoms with Crippen LogP contribution >= 0.6 is 0 Å². The van der Waals surface area contributed by atoms with Crippen LogP contribution in [0, 0.1) is 13.8 Å². The highest BCUT2D eigenvalue weighted by Gasteiger charge is 2.12. The molecular formula is C14H18N4O2. The molecule has 6 nitrogen and oxygen atoms in total. The summed E-state index contributed by atoms with van der Waals surface area (Å²) in [5.41, 5.74) is 2.41. The summed E-state index contributed by atoms with van der Waals surface area (Å²) in [5.74, 6) is 0.517. The fourth-order valence-electron chi connectivity index (χ4n) is 1.97. The first-order valence-corrected chi connectivity index (χ1v) is 6.39. The van der Waals surface area contributed by atoms with Crippen LogP contribution in [0.15, 0.2) is 24.4 Å². The minimum absolute atomic E-state index is 0.0560. The zero-order chi connectivity index (χ0) is 14.7. The first-order valence-electron chi connectivity index (χ1n) is 6.39. The summed E-state index contributed by atoms with van der Waals surface area (Å²) < 4.78 is 1.74. The molecule has 1 amide bonds. The number of aliphatic hydroxyl groups excluding tert-OH is 1. The molecule has 1 N–H and O–H groups in total. The fraction of sp³-hybridized carbons (Fsp3) is 0.357. The van der Waals surface area contributed by atoms with Gasteiger partial charge in [0, 0.05) is 25.5 Å². The standard InChI is InChI=1S/C14H18N4O2/c1-10-8-11(2)18(16-10)13-5-4-12(9-15-13)14(20)17(3)6-7-19/h4-5,8-9,19H,6-7H2,1-3H3. The normalized spacial score (nSPS) is 10.6. The van der Waals surface area contributed by atoms with E-state index in [0.717, 1.165) is 11.4 Å². The lowest BCUT2D eigenvalue weighted by Crippen LogP contribution is -2.29. The average molecular weight is 274 g/mol. The third-order valence-electron chi connectivity index (χ3n) is 3.00. The monoisotopic (exact) mass is 274 g/mol. The van der Waals surface area contributed by atoms with Gasteiger partial charge < -0.3 is 10.0 Å². The Kier molecular flexibility index (Phi) is 4.14. The van der Waals surface area contributed by atoms with Crippen molar-refractivity contribution in [2.45, 2.75) is 13.8 Å². The van der Waals surface area contributed by atoms with Crippen LogP contribution in [0.4, 0.5) is 0 Å². The second kappa shape index (κ2) is 5.83. The van der Waals surface area contributed by atoms with Gasteiger partial charge in [0.25, 0.3) is 5.91 Å². The zero-order valence-corrected chi connectivity index (χ0v) is 11.9. The number of hydrogen-bond donors (Lipinski definition) is 1. The third-order valence-corrected chi connectivity index (χ3v) is 3.00. The van der Waals surface area contributed by atoms with Gasteiger partial charge in [-0.1, -0.05) is 0 Å². The van der Waals surface area contributed by atoms with Crippen LogP contribution in [-0.2, 0) is 0 Å². The van der Waals surface area contributed by atoms with Crippen molar-refractivity contribution in [3.63, 3.8) is 0 Å². The molecule has 0 unspecified atom stereocenters. The molecule has 0 atom stereocenters. The van der Waals surface area contributed by atoms with E-state index in [4.69, 9.17) is 5.11 Å². The molecule has 20 heavy (non-hydrogen) atoms. The minimum atomic E-state index is -0.161. The molecule has 2 aromatic rings. The Balaban J connectivity index is 2.22. The van der Waals surface area contributed by atoms with Gasteiger partial charge in [-0.3, -0.25) is 4.79 Å². The van der Waals surface area contributed by atoms with Gasteiger partial charge in [0.05, 0.1) is 17.9 Å². The van der Waals surface area contributed by atoms with E-state index in [9.17, 15) is 4.79 Å². The maximum Gasteiger partial charge on any atom is 0.255 e. The maximum atomic E-state index is 12.0. The Morgan fingerprint density at radius 2 is 2.15 bits per heavy atom. The number of carbonyl (C=O) groups is 1. The first-order chi connectivity index (χ1) is 9.52. The Bertz CT molecular complexity index is 604. The van der Waals surface area contributed by atoms with E-state index in [0.29, 0.717) is 17.9 Å². The summed E-state index contributed by atoms with van der Waals surface area (Å²) in [4.78, 5) is 17.7. The van der Waals surface area contributed by atoms with Crippen molar-refractivity contribution in [3.05, 3.63) is 41.3 Å². The molecule has 2 heterocycles. The van der Waals surface area contributed by atoms with Crippen LogP contribution in [0.2, 0.25) is 0 Å². The summed E-state index contributed by atoms with van der Waals surface area (Å²) in [6, 6.07) is 5.45. The van der Waals surface area contributed by atoms with Gasteiger partial charge in [-0.15, -0.1) is 0 Å². The van der Waals surface area contributed by atoms with Crippen molar-refractivity contribution < 1.29 is 9.90 Å². The molecule has 0 radical (unpaired) electrons. The molecule has 0 bridgehead atoms. The second-order valence-corrected chi connectivity index (χ2v) is 4.69. The topological polar surface area (TPSA) is 71.2 Å². The molecule has 0 aliphatic rings. The van der Waals surface area contributed by atoms with Gasteiger partial charge in [0.2, 0.25) is 0 Å². The molecule has 0 spiro atoms. The van der Waals surface area contributed by atoms with Crippen molar-refractivity contribution in [2.24, 2.45) is 0 Å². The highest BCUT2D eigenvalue weighted by molar-refractivity contribution is 5.93. The molecular weight excluding hydrogens is 256 g/mol. The summed E-state index contributed by atoms with van der Waals surface area (Å²) >= 11 is 0. The summed E-state index contributed by atoms with van der Waals surface area (Å²) in [6.45, 7) is 4.12. The fourth-order valence-corrected chi connectivity index (χ4v) is 1.97. The van der Waals surface area contributed by atoms with Crippen LogP contribution < -0.4 is 0 Å². The van der Waals surface area contributed by atoms with Crippen molar-refractivity contribution in [1.29, 1.82) is 0 Å². The van der Waals surface area contributed by atoms with Gasteiger partial charge in [0.15, 0.2) is 5.82 Å². The van der Waals surface area contributed by atoms with Crippen LogP contribution in [0.25, 0.3) is 5.82 Å². The highest BCUT2D eigenvalue weighted by atomic mass is 16.3. The minimum Gasteiger partial charge on any atom is -0.395 e. The summed E-state index contributed by atoms with van der Waals surface area (Å²) in [5, 5.41) is 13.2. The van der Waals surface area contributed by atoms with Crippen LogP contribution in [-0.4, -0.2) is 50.9 Å². The predicted molar refractivity (Wildman–Crippen MR) is 74.9 cm³/mol. The lowest BCUT2D eigenvalue weighted by molar-refractivity contribution is 0.0766. The molecule has 0 fully saturated rings. The summed E-state index contributed by atoms with van der Waals surface area (Å²) in [6.07, 6.45) is 1.53. The first kappa shape index (κ1) is 14.2. The Hall–Kier alpha value is -2.21. The van der Waals surface area contributed by atoms with Gasteiger partial charge in [-0.25, -0.2) is 9.67 Å². The largest absolute Gasteiger partial charge is 0.395 e. The van der Waals surface area contributed by atoms with E-state index < -0.39 is 0 Å². The van der Waals surface area contributed by atoms with E-state index in [-0.39, 0.29) is 12.5 Å². The molecule has 2 rings (SSSR count). The number of hydrogen-bond acceptors (Lipinski definition) is 4. The molecule has 0 aromatic carbocycles. The van der Waals surface area contributed by atoms with Gasteiger partial charge in [-0.2, -0.15) is 5.10 Å². The quantitative estimate of drug-likeness (QED) is 0.901. The predicted octanol–water partition coefficient (Wildman–Crippen LogP) is 0.948. The number of rotatable bonds is 4. The number of aliphatic hydroxyl groups is 1. The van der Waals surface area contributed by atoms with Crippen LogP contribution in [0.5, 0.6) is 0 Å². The van der Waals surface area contributed by atoms with Crippen molar-refractivity contribution >= 4 is 5.91 Å². The van der Waals surface area contributed by atoms with Crippen molar-refractivity contribution in [1.82, 2.24) is 19.7 Å². The maximum absolute atomic E-state index is 12.0.